The summed E-state index contributed by atoms with van der Waals surface area (Å²) in [5.41, 5.74) is 1.51. The fourth-order valence-electron chi connectivity index (χ4n) is 2.31. The zero-order chi connectivity index (χ0) is 18.4. The molecule has 134 valence electrons. The van der Waals surface area contributed by atoms with Crippen molar-refractivity contribution < 1.29 is 19.0 Å². The van der Waals surface area contributed by atoms with Gasteiger partial charge in [0.1, 0.15) is 5.75 Å². The summed E-state index contributed by atoms with van der Waals surface area (Å²) in [4.78, 5) is 12.5. The SMILES string of the molecule is CC[C@H](Oc1ccc(Cl)c(C)c1)C(=O)Nc1ccc(OC)c(OC)c1. The lowest BCUT2D eigenvalue weighted by molar-refractivity contribution is -0.122. The molecule has 0 radical (unpaired) electrons. The van der Waals surface area contributed by atoms with Crippen LogP contribution >= 0.6 is 11.6 Å². The molecular weight excluding hydrogens is 342 g/mol. The Morgan fingerprint density at radius 2 is 1.84 bits per heavy atom. The van der Waals surface area contributed by atoms with Crippen molar-refractivity contribution in [3.05, 3.63) is 47.0 Å². The molecule has 0 fully saturated rings. The second kappa shape index (κ2) is 8.62. The predicted molar refractivity (Wildman–Crippen MR) is 99.1 cm³/mol. The van der Waals surface area contributed by atoms with E-state index in [1.165, 1.54) is 0 Å². The van der Waals surface area contributed by atoms with Crippen LogP contribution in [0.4, 0.5) is 5.69 Å². The van der Waals surface area contributed by atoms with E-state index in [4.69, 9.17) is 25.8 Å². The van der Waals surface area contributed by atoms with E-state index < -0.39 is 6.10 Å². The highest BCUT2D eigenvalue weighted by Crippen LogP contribution is 2.30. The van der Waals surface area contributed by atoms with Crippen LogP contribution in [0.15, 0.2) is 36.4 Å². The molecule has 0 aliphatic heterocycles. The van der Waals surface area contributed by atoms with Gasteiger partial charge in [0.25, 0.3) is 5.91 Å². The van der Waals surface area contributed by atoms with Crippen molar-refractivity contribution >= 4 is 23.2 Å². The minimum absolute atomic E-state index is 0.234. The number of carbonyl (C=O) groups is 1. The average Bonchev–Trinajstić information content (AvgIpc) is 2.62. The Hall–Kier alpha value is -2.40. The van der Waals surface area contributed by atoms with Crippen LogP contribution in [0.5, 0.6) is 17.2 Å². The maximum absolute atomic E-state index is 12.5. The van der Waals surface area contributed by atoms with E-state index in [0.29, 0.717) is 34.4 Å². The normalized spacial score (nSPS) is 11.6. The van der Waals surface area contributed by atoms with Gasteiger partial charge in [0, 0.05) is 16.8 Å². The van der Waals surface area contributed by atoms with Gasteiger partial charge in [-0.05, 0) is 49.2 Å². The molecule has 2 aromatic rings. The highest BCUT2D eigenvalue weighted by molar-refractivity contribution is 6.31. The summed E-state index contributed by atoms with van der Waals surface area (Å²) >= 11 is 6.02. The zero-order valence-electron chi connectivity index (χ0n) is 14.8. The summed E-state index contributed by atoms with van der Waals surface area (Å²) in [7, 11) is 3.11. The molecule has 5 nitrogen and oxygen atoms in total. The van der Waals surface area contributed by atoms with Crippen LogP contribution in [0, 0.1) is 6.92 Å². The van der Waals surface area contributed by atoms with Crippen LogP contribution in [-0.2, 0) is 4.79 Å². The quantitative estimate of drug-likeness (QED) is 0.789. The number of anilines is 1. The number of rotatable bonds is 7. The van der Waals surface area contributed by atoms with Gasteiger partial charge >= 0.3 is 0 Å². The number of nitrogens with one attached hydrogen (secondary N) is 1. The van der Waals surface area contributed by atoms with E-state index in [9.17, 15) is 4.79 Å². The number of hydrogen-bond acceptors (Lipinski definition) is 4. The lowest BCUT2D eigenvalue weighted by atomic mass is 10.2. The molecule has 6 heteroatoms. The van der Waals surface area contributed by atoms with Gasteiger partial charge < -0.3 is 19.5 Å². The molecular formula is C19H22ClNO4. The lowest BCUT2D eigenvalue weighted by Gasteiger charge is -2.18. The molecule has 0 spiro atoms. The van der Waals surface area contributed by atoms with Gasteiger partial charge in [-0.3, -0.25) is 4.79 Å². The van der Waals surface area contributed by atoms with Gasteiger partial charge in [-0.25, -0.2) is 0 Å². The molecule has 2 aromatic carbocycles. The molecule has 1 atom stereocenters. The number of ether oxygens (including phenoxy) is 3. The second-order valence-corrected chi connectivity index (χ2v) is 5.89. The van der Waals surface area contributed by atoms with Crippen molar-refractivity contribution in [2.45, 2.75) is 26.4 Å². The van der Waals surface area contributed by atoms with E-state index in [2.05, 4.69) is 5.32 Å². The smallest absolute Gasteiger partial charge is 0.265 e. The fourth-order valence-corrected chi connectivity index (χ4v) is 2.43. The lowest BCUT2D eigenvalue weighted by Crippen LogP contribution is -2.32. The summed E-state index contributed by atoms with van der Waals surface area (Å²) < 4.78 is 16.2. The zero-order valence-corrected chi connectivity index (χ0v) is 15.5. The summed E-state index contributed by atoms with van der Waals surface area (Å²) in [6.07, 6.45) is -0.0884. The molecule has 0 bridgehead atoms. The molecule has 0 heterocycles. The van der Waals surface area contributed by atoms with Crippen molar-refractivity contribution in [1.29, 1.82) is 0 Å². The van der Waals surface area contributed by atoms with Gasteiger partial charge in [-0.15, -0.1) is 0 Å². The fraction of sp³-hybridized carbons (Fsp3) is 0.316. The predicted octanol–water partition coefficient (Wildman–Crippen LogP) is 4.46. The Morgan fingerprint density at radius 1 is 1.12 bits per heavy atom. The Balaban J connectivity index is 2.10. The monoisotopic (exact) mass is 363 g/mol. The molecule has 0 unspecified atom stereocenters. The van der Waals surface area contributed by atoms with E-state index in [-0.39, 0.29) is 5.91 Å². The molecule has 1 amide bonds. The molecule has 0 aromatic heterocycles. The van der Waals surface area contributed by atoms with Crippen molar-refractivity contribution in [3.8, 4) is 17.2 Å². The van der Waals surface area contributed by atoms with Gasteiger partial charge in [-0.1, -0.05) is 18.5 Å². The van der Waals surface area contributed by atoms with Gasteiger partial charge in [0.2, 0.25) is 0 Å². The molecule has 2 rings (SSSR count). The van der Waals surface area contributed by atoms with E-state index in [1.54, 1.807) is 44.6 Å². The standard InChI is InChI=1S/C19H22ClNO4/c1-5-16(25-14-7-8-15(20)12(2)10-14)19(22)21-13-6-9-17(23-3)18(11-13)24-4/h6-11,16H,5H2,1-4H3,(H,21,22)/t16-/m0/s1. The number of aryl methyl sites for hydroxylation is 1. The first kappa shape index (κ1) is 18.9. The summed E-state index contributed by atoms with van der Waals surface area (Å²) in [6, 6.07) is 10.5. The topological polar surface area (TPSA) is 56.8 Å². The van der Waals surface area contributed by atoms with Crippen LogP contribution in [-0.4, -0.2) is 26.2 Å². The third-order valence-electron chi connectivity index (χ3n) is 3.72. The largest absolute Gasteiger partial charge is 0.493 e. The van der Waals surface area contributed by atoms with Crippen LogP contribution in [0.2, 0.25) is 5.02 Å². The number of carbonyl (C=O) groups excluding carboxylic acids is 1. The van der Waals surface area contributed by atoms with Crippen LogP contribution < -0.4 is 19.5 Å². The van der Waals surface area contributed by atoms with E-state index in [1.807, 2.05) is 19.9 Å². The van der Waals surface area contributed by atoms with E-state index in [0.717, 1.165) is 5.56 Å². The Labute approximate surface area is 152 Å². The van der Waals surface area contributed by atoms with Crippen LogP contribution in [0.3, 0.4) is 0 Å². The maximum Gasteiger partial charge on any atom is 0.265 e. The molecule has 25 heavy (non-hydrogen) atoms. The summed E-state index contributed by atoms with van der Waals surface area (Å²) in [5, 5.41) is 3.50. The molecule has 0 saturated carbocycles. The summed E-state index contributed by atoms with van der Waals surface area (Å²) in [5.74, 6) is 1.52. The highest BCUT2D eigenvalue weighted by Gasteiger charge is 2.19. The van der Waals surface area contributed by atoms with Gasteiger partial charge in [-0.2, -0.15) is 0 Å². The van der Waals surface area contributed by atoms with Crippen molar-refractivity contribution in [3.63, 3.8) is 0 Å². The first-order valence-electron chi connectivity index (χ1n) is 7.94. The Kier molecular flexibility index (Phi) is 6.53. The number of hydrogen-bond donors (Lipinski definition) is 1. The first-order chi connectivity index (χ1) is 12.0. The molecule has 0 saturated heterocycles. The van der Waals surface area contributed by atoms with Crippen LogP contribution in [0.1, 0.15) is 18.9 Å². The first-order valence-corrected chi connectivity index (χ1v) is 8.32. The Morgan fingerprint density at radius 3 is 2.44 bits per heavy atom. The molecule has 1 N–H and O–H groups in total. The molecule has 0 aliphatic rings. The van der Waals surface area contributed by atoms with Crippen molar-refractivity contribution in [1.82, 2.24) is 0 Å². The molecule has 0 aliphatic carbocycles. The minimum atomic E-state index is -0.617. The number of benzene rings is 2. The van der Waals surface area contributed by atoms with E-state index >= 15 is 0 Å². The second-order valence-electron chi connectivity index (χ2n) is 5.48. The third kappa shape index (κ3) is 4.79. The maximum atomic E-state index is 12.5. The average molecular weight is 364 g/mol. The highest BCUT2D eigenvalue weighted by atomic mass is 35.5. The van der Waals surface area contributed by atoms with Crippen LogP contribution in [0.25, 0.3) is 0 Å². The number of amides is 1. The van der Waals surface area contributed by atoms with Gasteiger partial charge in [0.05, 0.1) is 14.2 Å². The number of halogens is 1. The summed E-state index contributed by atoms with van der Waals surface area (Å²) in [6.45, 7) is 3.78. The number of methoxy groups -OCH3 is 2. The van der Waals surface area contributed by atoms with Crippen molar-refractivity contribution in [2.24, 2.45) is 0 Å². The minimum Gasteiger partial charge on any atom is -0.493 e. The van der Waals surface area contributed by atoms with Crippen molar-refractivity contribution in [2.75, 3.05) is 19.5 Å². The third-order valence-corrected chi connectivity index (χ3v) is 4.15. The Bertz CT molecular complexity index is 748. The van der Waals surface area contributed by atoms with Gasteiger partial charge in [0.15, 0.2) is 17.6 Å².